The molecule has 1 aromatic heterocycles. The van der Waals surface area contributed by atoms with E-state index in [1.165, 1.54) is 0 Å². The number of nitrogens with one attached hydrogen (secondary N) is 1. The highest BCUT2D eigenvalue weighted by atomic mass is 35.5. The second-order valence-electron chi connectivity index (χ2n) is 7.32. The lowest BCUT2D eigenvalue weighted by Crippen LogP contribution is -2.36. The number of ether oxygens (including phenoxy) is 1. The van der Waals surface area contributed by atoms with Gasteiger partial charge in [0.2, 0.25) is 5.91 Å². The molecule has 1 amide bonds. The topological polar surface area (TPSA) is 54.5 Å². The number of thiazole rings is 1. The van der Waals surface area contributed by atoms with Crippen LogP contribution in [-0.2, 0) is 14.9 Å². The Kier molecular flexibility index (Phi) is 4.50. The van der Waals surface area contributed by atoms with Crippen molar-refractivity contribution < 1.29 is 9.53 Å². The van der Waals surface area contributed by atoms with Crippen molar-refractivity contribution in [2.45, 2.75) is 18.3 Å². The van der Waals surface area contributed by atoms with Crippen molar-refractivity contribution in [3.63, 3.8) is 0 Å². The molecule has 1 N–H and O–H groups in total. The van der Waals surface area contributed by atoms with Gasteiger partial charge in [-0.2, -0.15) is 0 Å². The summed E-state index contributed by atoms with van der Waals surface area (Å²) in [6.45, 7) is 3.22. The Balaban J connectivity index is 1.36. The molecule has 1 aliphatic carbocycles. The number of carbonyl (C=O) groups is 1. The van der Waals surface area contributed by atoms with Crippen LogP contribution in [-0.4, -0.2) is 37.2 Å². The normalized spacial score (nSPS) is 18.2. The minimum atomic E-state index is -0.424. The summed E-state index contributed by atoms with van der Waals surface area (Å²) in [4.78, 5) is 20.0. The molecule has 0 radical (unpaired) electrons. The van der Waals surface area contributed by atoms with Crippen LogP contribution in [0.25, 0.3) is 10.2 Å². The summed E-state index contributed by atoms with van der Waals surface area (Å²) in [5, 5.41) is 4.81. The van der Waals surface area contributed by atoms with E-state index in [9.17, 15) is 4.79 Å². The molecular weight excluding hydrogens is 394 g/mol. The first kappa shape index (κ1) is 17.9. The van der Waals surface area contributed by atoms with Crippen molar-refractivity contribution in [1.82, 2.24) is 4.98 Å². The fourth-order valence-corrected chi connectivity index (χ4v) is 4.85. The van der Waals surface area contributed by atoms with Crippen molar-refractivity contribution in [3.05, 3.63) is 53.1 Å². The highest BCUT2D eigenvalue weighted by Crippen LogP contribution is 2.49. The Morgan fingerprint density at radius 1 is 1.14 bits per heavy atom. The molecule has 3 aromatic rings. The van der Waals surface area contributed by atoms with Gasteiger partial charge in [0.1, 0.15) is 0 Å². The highest BCUT2D eigenvalue weighted by Gasteiger charge is 2.51. The number of morpholine rings is 1. The van der Waals surface area contributed by atoms with Crippen molar-refractivity contribution in [2.24, 2.45) is 0 Å². The van der Waals surface area contributed by atoms with Gasteiger partial charge in [0, 0.05) is 23.8 Å². The van der Waals surface area contributed by atoms with Crippen molar-refractivity contribution in [1.29, 1.82) is 0 Å². The third-order valence-corrected chi connectivity index (χ3v) is 6.83. The number of anilines is 2. The van der Waals surface area contributed by atoms with Gasteiger partial charge in [0.25, 0.3) is 0 Å². The number of amides is 1. The molecule has 2 fully saturated rings. The van der Waals surface area contributed by atoms with E-state index in [-0.39, 0.29) is 5.91 Å². The largest absolute Gasteiger partial charge is 0.378 e. The molecule has 1 saturated carbocycles. The first-order valence-electron chi connectivity index (χ1n) is 9.45. The predicted octanol–water partition coefficient (Wildman–Crippen LogP) is 4.46. The summed E-state index contributed by atoms with van der Waals surface area (Å²) in [6, 6.07) is 13.5. The first-order valence-corrected chi connectivity index (χ1v) is 10.6. The molecule has 28 heavy (non-hydrogen) atoms. The van der Waals surface area contributed by atoms with Gasteiger partial charge in [0.05, 0.1) is 28.8 Å². The van der Waals surface area contributed by atoms with E-state index in [2.05, 4.69) is 10.2 Å². The highest BCUT2D eigenvalue weighted by molar-refractivity contribution is 7.22. The van der Waals surface area contributed by atoms with Crippen molar-refractivity contribution in [2.75, 3.05) is 36.5 Å². The van der Waals surface area contributed by atoms with Crippen molar-refractivity contribution >= 4 is 49.9 Å². The second-order valence-corrected chi connectivity index (χ2v) is 8.77. The number of hydrogen-bond acceptors (Lipinski definition) is 5. The van der Waals surface area contributed by atoms with Gasteiger partial charge in [0.15, 0.2) is 5.13 Å². The van der Waals surface area contributed by atoms with Gasteiger partial charge in [-0.15, -0.1) is 0 Å². The van der Waals surface area contributed by atoms with Gasteiger partial charge >= 0.3 is 0 Å². The van der Waals surface area contributed by atoms with Gasteiger partial charge in [-0.1, -0.05) is 35.1 Å². The molecule has 5 nitrogen and oxygen atoms in total. The number of fused-ring (bicyclic) bond motifs is 1. The summed E-state index contributed by atoms with van der Waals surface area (Å²) in [5.74, 6) is 0.0482. The summed E-state index contributed by atoms with van der Waals surface area (Å²) in [6.07, 6.45) is 1.73. The van der Waals surface area contributed by atoms with Crippen molar-refractivity contribution in [3.8, 4) is 0 Å². The Hall–Kier alpha value is -2.15. The summed E-state index contributed by atoms with van der Waals surface area (Å²) in [5.41, 5.74) is 2.38. The van der Waals surface area contributed by atoms with E-state index in [0.717, 1.165) is 65.7 Å². The number of aromatic nitrogens is 1. The maximum absolute atomic E-state index is 13.0. The molecule has 5 rings (SSSR count). The quantitative estimate of drug-likeness (QED) is 0.686. The number of hydrogen-bond donors (Lipinski definition) is 1. The molecular formula is C21H20ClN3O2S. The maximum Gasteiger partial charge on any atom is 0.235 e. The zero-order valence-corrected chi connectivity index (χ0v) is 16.9. The molecule has 0 spiro atoms. The summed E-state index contributed by atoms with van der Waals surface area (Å²) >= 11 is 7.65. The molecule has 7 heteroatoms. The minimum absolute atomic E-state index is 0.0482. The van der Waals surface area contributed by atoms with Crippen LogP contribution in [0.4, 0.5) is 10.8 Å². The smallest absolute Gasteiger partial charge is 0.235 e. The van der Waals surface area contributed by atoms with Crippen LogP contribution < -0.4 is 10.2 Å². The van der Waals surface area contributed by atoms with E-state index in [1.54, 1.807) is 11.3 Å². The third-order valence-electron chi connectivity index (χ3n) is 5.50. The number of carbonyl (C=O) groups excluding carboxylic acids is 1. The lowest BCUT2D eigenvalue weighted by atomic mass is 9.95. The zero-order chi connectivity index (χ0) is 19.1. The molecule has 144 valence electrons. The van der Waals surface area contributed by atoms with Crippen LogP contribution in [0.5, 0.6) is 0 Å². The molecule has 2 aliphatic rings. The Morgan fingerprint density at radius 2 is 1.89 bits per heavy atom. The Morgan fingerprint density at radius 3 is 2.61 bits per heavy atom. The maximum atomic E-state index is 13.0. The summed E-state index contributed by atoms with van der Waals surface area (Å²) < 4.78 is 6.50. The molecule has 1 aliphatic heterocycles. The SMILES string of the molecule is O=C(Nc1ccc2nc(N3CCOCC3)sc2c1)C1(c2ccc(Cl)cc2)CC1. The van der Waals surface area contributed by atoms with E-state index < -0.39 is 5.41 Å². The number of halogens is 1. The van der Waals surface area contributed by atoms with Gasteiger partial charge in [-0.3, -0.25) is 4.79 Å². The number of benzene rings is 2. The molecule has 2 aromatic carbocycles. The van der Waals surface area contributed by atoms with Crippen LogP contribution in [0.3, 0.4) is 0 Å². The predicted molar refractivity (Wildman–Crippen MR) is 114 cm³/mol. The first-order chi connectivity index (χ1) is 13.6. The van der Waals surface area contributed by atoms with E-state index >= 15 is 0 Å². The Bertz CT molecular complexity index is 1020. The van der Waals surface area contributed by atoms with E-state index in [1.807, 2.05) is 42.5 Å². The summed E-state index contributed by atoms with van der Waals surface area (Å²) in [7, 11) is 0. The van der Waals surface area contributed by atoms with Gasteiger partial charge in [-0.25, -0.2) is 4.98 Å². The Labute approximate surface area is 172 Å². The monoisotopic (exact) mass is 413 g/mol. The van der Waals surface area contributed by atoms with Crippen LogP contribution >= 0.6 is 22.9 Å². The second kappa shape index (κ2) is 7.03. The number of nitrogens with zero attached hydrogens (tertiary/aromatic N) is 2. The fraction of sp³-hybridized carbons (Fsp3) is 0.333. The third kappa shape index (κ3) is 3.26. The average Bonchev–Trinajstić information content (AvgIpc) is 3.42. The minimum Gasteiger partial charge on any atom is -0.378 e. The van der Waals surface area contributed by atoms with E-state index in [4.69, 9.17) is 21.3 Å². The van der Waals surface area contributed by atoms with Gasteiger partial charge in [-0.05, 0) is 48.7 Å². The standard InChI is InChI=1S/C21H20ClN3O2S/c22-15-3-1-14(2-4-15)21(7-8-21)19(26)23-16-5-6-17-18(13-16)28-20(24-17)25-9-11-27-12-10-25/h1-6,13H,7-12H2,(H,23,26). The van der Waals surface area contributed by atoms with Gasteiger partial charge < -0.3 is 15.0 Å². The van der Waals surface area contributed by atoms with Crippen LogP contribution in [0.2, 0.25) is 5.02 Å². The molecule has 0 unspecified atom stereocenters. The average molecular weight is 414 g/mol. The molecule has 0 bridgehead atoms. The van der Waals surface area contributed by atoms with E-state index in [0.29, 0.717) is 5.02 Å². The lowest BCUT2D eigenvalue weighted by Gasteiger charge is -2.25. The number of rotatable bonds is 4. The van der Waals surface area contributed by atoms with Crippen LogP contribution in [0.1, 0.15) is 18.4 Å². The lowest BCUT2D eigenvalue weighted by molar-refractivity contribution is -0.118. The fourth-order valence-electron chi connectivity index (χ4n) is 3.67. The molecule has 0 atom stereocenters. The zero-order valence-electron chi connectivity index (χ0n) is 15.3. The van der Waals surface area contributed by atoms with Crippen LogP contribution in [0, 0.1) is 0 Å². The molecule has 2 heterocycles. The van der Waals surface area contributed by atoms with Crippen LogP contribution in [0.15, 0.2) is 42.5 Å². The molecule has 1 saturated heterocycles.